The van der Waals surface area contributed by atoms with E-state index >= 15 is 0 Å². The molecule has 0 radical (unpaired) electrons. The molecule has 0 amide bonds. The maximum atomic E-state index is 12.9. The van der Waals surface area contributed by atoms with Crippen LogP contribution in [0.15, 0.2) is 41.3 Å². The van der Waals surface area contributed by atoms with Gasteiger partial charge in [-0.3, -0.25) is 14.3 Å². The number of pyridine rings is 1. The quantitative estimate of drug-likeness (QED) is 0.686. The third kappa shape index (κ3) is 2.52. The van der Waals surface area contributed by atoms with Crippen LogP contribution >= 0.6 is 0 Å². The predicted octanol–water partition coefficient (Wildman–Crippen LogP) is 3.74. The first-order chi connectivity index (χ1) is 11.6. The highest BCUT2D eigenvalue weighted by Crippen LogP contribution is 2.26. The van der Waals surface area contributed by atoms with Crippen molar-refractivity contribution in [3.05, 3.63) is 58.3 Å². The summed E-state index contributed by atoms with van der Waals surface area (Å²) in [6.45, 7) is 5.06. The van der Waals surface area contributed by atoms with Gasteiger partial charge in [0.2, 0.25) is 0 Å². The lowest BCUT2D eigenvalue weighted by atomic mass is 10.0. The van der Waals surface area contributed by atoms with E-state index in [1.54, 1.807) is 6.20 Å². The van der Waals surface area contributed by atoms with Gasteiger partial charge in [-0.05, 0) is 55.5 Å². The highest BCUT2D eigenvalue weighted by Gasteiger charge is 2.18. The second-order valence-electron chi connectivity index (χ2n) is 6.82. The molecule has 0 aliphatic carbocycles. The summed E-state index contributed by atoms with van der Waals surface area (Å²) in [4.78, 5) is 22.2. The molecule has 0 saturated carbocycles. The van der Waals surface area contributed by atoms with Crippen molar-refractivity contribution in [1.82, 2.24) is 14.5 Å². The van der Waals surface area contributed by atoms with Gasteiger partial charge in [-0.25, -0.2) is 4.98 Å². The van der Waals surface area contributed by atoms with E-state index in [9.17, 15) is 4.79 Å². The molecular weight excluding hydrogens is 298 g/mol. The van der Waals surface area contributed by atoms with E-state index in [0.717, 1.165) is 54.0 Å². The van der Waals surface area contributed by atoms with Crippen LogP contribution in [0.3, 0.4) is 0 Å². The van der Waals surface area contributed by atoms with Crippen molar-refractivity contribution in [2.75, 3.05) is 0 Å². The van der Waals surface area contributed by atoms with Gasteiger partial charge in [0.05, 0.1) is 16.6 Å². The zero-order valence-electron chi connectivity index (χ0n) is 14.1. The molecule has 0 spiro atoms. The Morgan fingerprint density at radius 1 is 1.21 bits per heavy atom. The fraction of sp³-hybridized carbons (Fsp3) is 0.350. The van der Waals surface area contributed by atoms with E-state index in [0.29, 0.717) is 11.3 Å². The Bertz CT molecular complexity index is 960. The normalized spacial score (nSPS) is 17.5. The van der Waals surface area contributed by atoms with Crippen molar-refractivity contribution in [3.63, 3.8) is 0 Å². The molecule has 122 valence electrons. The Labute approximate surface area is 141 Å². The number of aryl methyl sites for hydroxylation is 2. The Morgan fingerprint density at radius 2 is 2.08 bits per heavy atom. The third-order valence-corrected chi connectivity index (χ3v) is 5.03. The van der Waals surface area contributed by atoms with Crippen LogP contribution in [-0.4, -0.2) is 14.5 Å². The van der Waals surface area contributed by atoms with Crippen LogP contribution in [0, 0.1) is 12.8 Å². The Hall–Kier alpha value is -2.49. The molecule has 24 heavy (non-hydrogen) atoms. The summed E-state index contributed by atoms with van der Waals surface area (Å²) in [5, 5.41) is 0.713. The van der Waals surface area contributed by atoms with Gasteiger partial charge >= 0.3 is 0 Å². The zero-order chi connectivity index (χ0) is 16.7. The molecule has 0 fully saturated rings. The highest BCUT2D eigenvalue weighted by atomic mass is 16.1. The minimum atomic E-state index is 0.0970. The molecule has 1 atom stereocenters. The van der Waals surface area contributed by atoms with E-state index in [2.05, 4.69) is 11.9 Å². The maximum absolute atomic E-state index is 12.9. The van der Waals surface area contributed by atoms with E-state index < -0.39 is 0 Å². The number of benzene rings is 1. The number of fused-ring (bicyclic) bond motifs is 2. The van der Waals surface area contributed by atoms with Crippen LogP contribution < -0.4 is 5.56 Å². The molecule has 3 heterocycles. The van der Waals surface area contributed by atoms with E-state index in [4.69, 9.17) is 4.98 Å². The molecular formula is C20H21N3O. The molecule has 4 heteroatoms. The largest absolute Gasteiger partial charge is 0.296 e. The lowest BCUT2D eigenvalue weighted by Gasteiger charge is -2.12. The van der Waals surface area contributed by atoms with Crippen LogP contribution in [0.5, 0.6) is 0 Å². The summed E-state index contributed by atoms with van der Waals surface area (Å²) in [6, 6.07) is 9.87. The fourth-order valence-corrected chi connectivity index (χ4v) is 3.51. The van der Waals surface area contributed by atoms with Crippen LogP contribution in [0.2, 0.25) is 0 Å². The molecule has 2 aromatic heterocycles. The molecule has 0 bridgehead atoms. The van der Waals surface area contributed by atoms with Gasteiger partial charge in [-0.15, -0.1) is 0 Å². The lowest BCUT2D eigenvalue weighted by molar-refractivity contribution is 0.484. The molecule has 1 aromatic carbocycles. The molecule has 1 aliphatic heterocycles. The number of hydrogen-bond donors (Lipinski definition) is 0. The maximum Gasteiger partial charge on any atom is 0.261 e. The van der Waals surface area contributed by atoms with Gasteiger partial charge in [0.15, 0.2) is 0 Å². The molecule has 0 N–H and O–H groups in total. The molecule has 4 nitrogen and oxygen atoms in total. The van der Waals surface area contributed by atoms with Crippen molar-refractivity contribution in [2.24, 2.45) is 5.92 Å². The monoisotopic (exact) mass is 319 g/mol. The SMILES string of the molecule is Cc1cc2c(=O)n3c(nc2cc1-c1ccccn1)CCC(C)CC3. The summed E-state index contributed by atoms with van der Waals surface area (Å²) in [5.41, 5.74) is 3.90. The predicted molar refractivity (Wildman–Crippen MR) is 96.1 cm³/mol. The van der Waals surface area contributed by atoms with Crippen molar-refractivity contribution in [2.45, 2.75) is 39.7 Å². The number of hydrogen-bond acceptors (Lipinski definition) is 3. The third-order valence-electron chi connectivity index (χ3n) is 5.03. The number of nitrogens with zero attached hydrogens (tertiary/aromatic N) is 3. The topological polar surface area (TPSA) is 47.8 Å². The number of aromatic nitrogens is 3. The van der Waals surface area contributed by atoms with Gasteiger partial charge in [-0.1, -0.05) is 13.0 Å². The van der Waals surface area contributed by atoms with Gasteiger partial charge in [-0.2, -0.15) is 0 Å². The number of rotatable bonds is 1. The van der Waals surface area contributed by atoms with Crippen molar-refractivity contribution >= 4 is 10.9 Å². The second-order valence-corrected chi connectivity index (χ2v) is 6.82. The Morgan fingerprint density at radius 3 is 2.88 bits per heavy atom. The van der Waals surface area contributed by atoms with Crippen molar-refractivity contribution in [1.29, 1.82) is 0 Å². The van der Waals surface area contributed by atoms with Gasteiger partial charge in [0.25, 0.3) is 5.56 Å². The van der Waals surface area contributed by atoms with Crippen LogP contribution in [0.4, 0.5) is 0 Å². The van der Waals surface area contributed by atoms with Crippen molar-refractivity contribution in [3.8, 4) is 11.3 Å². The molecule has 0 saturated heterocycles. The van der Waals surface area contributed by atoms with Gasteiger partial charge in [0, 0.05) is 24.7 Å². The fourth-order valence-electron chi connectivity index (χ4n) is 3.51. The summed E-state index contributed by atoms with van der Waals surface area (Å²) in [7, 11) is 0. The zero-order valence-corrected chi connectivity index (χ0v) is 14.1. The standard InChI is InChI=1S/C20H21N3O/c1-13-6-7-19-22-18-12-15(17-5-3-4-9-21-17)14(2)11-16(18)20(24)23(19)10-8-13/h3-5,9,11-13H,6-8,10H2,1-2H3. The smallest absolute Gasteiger partial charge is 0.261 e. The molecule has 1 unspecified atom stereocenters. The van der Waals surface area contributed by atoms with E-state index in [-0.39, 0.29) is 5.56 Å². The first-order valence-corrected chi connectivity index (χ1v) is 8.59. The first-order valence-electron chi connectivity index (χ1n) is 8.59. The first kappa shape index (κ1) is 15.1. The Kier molecular flexibility index (Phi) is 3.68. The summed E-state index contributed by atoms with van der Waals surface area (Å²) in [6.07, 6.45) is 4.81. The highest BCUT2D eigenvalue weighted by molar-refractivity contribution is 5.85. The van der Waals surface area contributed by atoms with Crippen LogP contribution in [-0.2, 0) is 13.0 Å². The van der Waals surface area contributed by atoms with Crippen molar-refractivity contribution < 1.29 is 0 Å². The summed E-state index contributed by atoms with van der Waals surface area (Å²) >= 11 is 0. The van der Waals surface area contributed by atoms with Crippen LogP contribution in [0.1, 0.15) is 31.2 Å². The minimum absolute atomic E-state index is 0.0970. The average Bonchev–Trinajstić information content (AvgIpc) is 2.78. The van der Waals surface area contributed by atoms with Gasteiger partial charge in [0.1, 0.15) is 5.82 Å². The lowest BCUT2D eigenvalue weighted by Crippen LogP contribution is -2.24. The molecule has 3 aromatic rings. The summed E-state index contributed by atoms with van der Waals surface area (Å²) < 4.78 is 1.88. The van der Waals surface area contributed by atoms with E-state index in [1.807, 2.05) is 41.8 Å². The summed E-state index contributed by atoms with van der Waals surface area (Å²) in [5.74, 6) is 1.56. The molecule has 1 aliphatic rings. The second kappa shape index (κ2) is 5.86. The van der Waals surface area contributed by atoms with Gasteiger partial charge < -0.3 is 0 Å². The van der Waals surface area contributed by atoms with E-state index in [1.165, 1.54) is 0 Å². The minimum Gasteiger partial charge on any atom is -0.296 e. The van der Waals surface area contributed by atoms with Crippen LogP contribution in [0.25, 0.3) is 22.2 Å². The average molecular weight is 319 g/mol. The Balaban J connectivity index is 1.94. The molecule has 4 rings (SSSR count).